The molecular weight excluding hydrogens is 260 g/mol. The molecule has 5 heteroatoms. The molecule has 0 radical (unpaired) electrons. The van der Waals surface area contributed by atoms with E-state index in [0.29, 0.717) is 11.4 Å². The first-order chi connectivity index (χ1) is 9.13. The second-order valence-corrected chi connectivity index (χ2v) is 6.72. The highest BCUT2D eigenvalue weighted by Gasteiger charge is 2.25. The lowest BCUT2D eigenvalue weighted by atomic mass is 9.94. The molecule has 2 rings (SSSR count). The summed E-state index contributed by atoms with van der Waals surface area (Å²) in [5, 5.41) is 3.25. The van der Waals surface area contributed by atoms with Gasteiger partial charge < -0.3 is 5.32 Å². The molecule has 1 saturated carbocycles. The summed E-state index contributed by atoms with van der Waals surface area (Å²) in [4.78, 5) is 0.408. The normalized spacial score (nSPS) is 16.3. The van der Waals surface area contributed by atoms with E-state index in [1.165, 1.54) is 0 Å². The molecule has 1 aliphatic rings. The van der Waals surface area contributed by atoms with Gasteiger partial charge in [0.2, 0.25) is 10.0 Å². The van der Waals surface area contributed by atoms with Crippen molar-refractivity contribution in [3.05, 3.63) is 29.8 Å². The molecule has 0 bridgehead atoms. The maximum Gasteiger partial charge on any atom is 0.241 e. The topological polar surface area (TPSA) is 58.2 Å². The summed E-state index contributed by atoms with van der Waals surface area (Å²) in [6, 6.07) is 7.34. The third kappa shape index (κ3) is 3.78. The van der Waals surface area contributed by atoms with Crippen molar-refractivity contribution in [1.29, 1.82) is 0 Å². The second kappa shape index (κ2) is 6.50. The fraction of sp³-hybridized carbons (Fsp3) is 0.571. The summed E-state index contributed by atoms with van der Waals surface area (Å²) < 4.78 is 27.5. The van der Waals surface area contributed by atoms with Gasteiger partial charge >= 0.3 is 0 Å². The molecule has 1 aliphatic carbocycles. The van der Waals surface area contributed by atoms with E-state index in [4.69, 9.17) is 0 Å². The van der Waals surface area contributed by atoms with Crippen LogP contribution in [-0.4, -0.2) is 21.0 Å². The van der Waals surface area contributed by atoms with E-state index >= 15 is 0 Å². The van der Waals surface area contributed by atoms with Crippen LogP contribution in [-0.2, 0) is 16.6 Å². The molecule has 0 aromatic heterocycles. The van der Waals surface area contributed by atoms with Gasteiger partial charge in [0, 0.05) is 12.6 Å². The number of sulfonamides is 1. The fourth-order valence-electron chi connectivity index (χ4n) is 2.12. The Hall–Kier alpha value is -0.910. The van der Waals surface area contributed by atoms with Crippen molar-refractivity contribution < 1.29 is 8.42 Å². The zero-order valence-electron chi connectivity index (χ0n) is 11.4. The van der Waals surface area contributed by atoms with Gasteiger partial charge in [-0.15, -0.1) is 0 Å². The van der Waals surface area contributed by atoms with Crippen molar-refractivity contribution in [2.75, 3.05) is 6.54 Å². The Morgan fingerprint density at radius 3 is 2.63 bits per heavy atom. The van der Waals surface area contributed by atoms with E-state index in [1.807, 2.05) is 12.1 Å². The van der Waals surface area contributed by atoms with Crippen molar-refractivity contribution in [2.24, 2.45) is 0 Å². The summed E-state index contributed by atoms with van der Waals surface area (Å²) in [6.45, 7) is 3.58. The van der Waals surface area contributed by atoms with Crippen LogP contribution in [0.15, 0.2) is 29.2 Å². The highest BCUT2D eigenvalue weighted by Crippen LogP contribution is 2.22. The van der Waals surface area contributed by atoms with Gasteiger partial charge in [-0.3, -0.25) is 0 Å². The average molecular weight is 282 g/mol. The zero-order chi connectivity index (χ0) is 13.7. The highest BCUT2D eigenvalue weighted by molar-refractivity contribution is 7.89. The van der Waals surface area contributed by atoms with Crippen molar-refractivity contribution in [2.45, 2.75) is 50.1 Å². The standard InChI is InChI=1S/C14H22N2O2S/c1-2-10-15-11-12-6-3-4-9-14(12)19(17,18)16-13-7-5-8-13/h3-4,6,9,13,15-16H,2,5,7-8,10-11H2,1H3. The lowest BCUT2D eigenvalue weighted by Crippen LogP contribution is -2.39. The Morgan fingerprint density at radius 2 is 2.00 bits per heavy atom. The first-order valence-electron chi connectivity index (χ1n) is 6.94. The van der Waals surface area contributed by atoms with Crippen LogP contribution < -0.4 is 10.0 Å². The first kappa shape index (κ1) is 14.5. The van der Waals surface area contributed by atoms with Crippen molar-refractivity contribution in [3.63, 3.8) is 0 Å². The predicted molar refractivity (Wildman–Crippen MR) is 76.4 cm³/mol. The Kier molecular flexibility index (Phi) is 4.96. The van der Waals surface area contributed by atoms with Gasteiger partial charge in [0.25, 0.3) is 0 Å². The molecule has 1 aromatic carbocycles. The molecule has 0 spiro atoms. The predicted octanol–water partition coefficient (Wildman–Crippen LogP) is 2.02. The fourth-order valence-corrected chi connectivity index (χ4v) is 3.67. The molecule has 0 amide bonds. The van der Waals surface area contributed by atoms with E-state index in [1.54, 1.807) is 12.1 Å². The van der Waals surface area contributed by atoms with Crippen LogP contribution in [0.25, 0.3) is 0 Å². The maximum atomic E-state index is 12.4. The molecule has 1 aromatic rings. The number of nitrogens with one attached hydrogen (secondary N) is 2. The average Bonchev–Trinajstić information content (AvgIpc) is 2.35. The third-order valence-electron chi connectivity index (χ3n) is 3.43. The minimum Gasteiger partial charge on any atom is -0.313 e. The molecule has 2 N–H and O–H groups in total. The maximum absolute atomic E-state index is 12.4. The molecule has 1 fully saturated rings. The third-order valence-corrected chi connectivity index (χ3v) is 5.05. The summed E-state index contributed by atoms with van der Waals surface area (Å²) in [7, 11) is -3.38. The molecule has 106 valence electrons. The van der Waals surface area contributed by atoms with Gasteiger partial charge in [-0.1, -0.05) is 31.5 Å². The lowest BCUT2D eigenvalue weighted by molar-refractivity contribution is 0.383. The van der Waals surface area contributed by atoms with Crippen LogP contribution in [0.1, 0.15) is 38.2 Å². The molecular formula is C14H22N2O2S. The Morgan fingerprint density at radius 1 is 1.26 bits per heavy atom. The largest absolute Gasteiger partial charge is 0.313 e. The Bertz CT molecular complexity index is 510. The zero-order valence-corrected chi connectivity index (χ0v) is 12.2. The van der Waals surface area contributed by atoms with E-state index in [0.717, 1.165) is 37.8 Å². The summed E-state index contributed by atoms with van der Waals surface area (Å²) >= 11 is 0. The van der Waals surface area contributed by atoms with Crippen LogP contribution in [0.3, 0.4) is 0 Å². The number of benzene rings is 1. The Labute approximate surface area is 115 Å². The molecule has 19 heavy (non-hydrogen) atoms. The Balaban J connectivity index is 2.12. The number of hydrogen-bond donors (Lipinski definition) is 2. The van der Waals surface area contributed by atoms with Gasteiger partial charge in [-0.2, -0.15) is 0 Å². The minimum atomic E-state index is -3.38. The molecule has 0 aliphatic heterocycles. The monoisotopic (exact) mass is 282 g/mol. The smallest absolute Gasteiger partial charge is 0.241 e. The van der Waals surface area contributed by atoms with Crippen LogP contribution in [0.5, 0.6) is 0 Å². The molecule has 0 saturated heterocycles. The van der Waals surface area contributed by atoms with Crippen molar-refractivity contribution in [1.82, 2.24) is 10.0 Å². The highest BCUT2D eigenvalue weighted by atomic mass is 32.2. The van der Waals surface area contributed by atoms with Crippen molar-refractivity contribution >= 4 is 10.0 Å². The van der Waals surface area contributed by atoms with Gasteiger partial charge in [-0.25, -0.2) is 13.1 Å². The van der Waals surface area contributed by atoms with Crippen molar-refractivity contribution in [3.8, 4) is 0 Å². The van der Waals surface area contributed by atoms with Gasteiger partial charge in [-0.05, 0) is 37.4 Å². The van der Waals surface area contributed by atoms with Crippen LogP contribution >= 0.6 is 0 Å². The summed E-state index contributed by atoms with van der Waals surface area (Å²) in [6.07, 6.45) is 4.06. The van der Waals surface area contributed by atoms with E-state index < -0.39 is 10.0 Å². The first-order valence-corrected chi connectivity index (χ1v) is 8.43. The second-order valence-electron chi connectivity index (χ2n) is 5.03. The lowest BCUT2D eigenvalue weighted by Gasteiger charge is -2.26. The van der Waals surface area contributed by atoms with Gasteiger partial charge in [0.1, 0.15) is 0 Å². The minimum absolute atomic E-state index is 0.127. The van der Waals surface area contributed by atoms with Crippen LogP contribution in [0.2, 0.25) is 0 Å². The molecule has 0 unspecified atom stereocenters. The van der Waals surface area contributed by atoms with Gasteiger partial charge in [0.05, 0.1) is 4.90 Å². The summed E-state index contributed by atoms with van der Waals surface area (Å²) in [5.41, 5.74) is 0.836. The molecule has 4 nitrogen and oxygen atoms in total. The number of hydrogen-bond acceptors (Lipinski definition) is 3. The van der Waals surface area contributed by atoms with Gasteiger partial charge in [0.15, 0.2) is 0 Å². The number of rotatable bonds is 7. The molecule has 0 heterocycles. The van der Waals surface area contributed by atoms with Crippen LogP contribution in [0.4, 0.5) is 0 Å². The molecule has 0 atom stereocenters. The van der Waals surface area contributed by atoms with E-state index in [-0.39, 0.29) is 6.04 Å². The quantitative estimate of drug-likeness (QED) is 0.752. The van der Waals surface area contributed by atoms with E-state index in [2.05, 4.69) is 17.0 Å². The summed E-state index contributed by atoms with van der Waals surface area (Å²) in [5.74, 6) is 0. The van der Waals surface area contributed by atoms with Crippen LogP contribution in [0, 0.1) is 0 Å². The SMILES string of the molecule is CCCNCc1ccccc1S(=O)(=O)NC1CCC1. The van der Waals surface area contributed by atoms with E-state index in [9.17, 15) is 8.42 Å².